The van der Waals surface area contributed by atoms with Gasteiger partial charge in [-0.1, -0.05) is 6.92 Å². The Hall–Kier alpha value is -1.75. The molecule has 1 amide bonds. The van der Waals surface area contributed by atoms with Gasteiger partial charge in [0.1, 0.15) is 11.5 Å². The predicted molar refractivity (Wildman–Crippen MR) is 67.6 cm³/mol. The second-order valence-corrected chi connectivity index (χ2v) is 4.42. The SMILES string of the molecule is CC(CO)CCCNC(=O)c1cc(O)cc(O)c1. The third kappa shape index (κ3) is 4.63. The van der Waals surface area contributed by atoms with Gasteiger partial charge >= 0.3 is 0 Å². The van der Waals surface area contributed by atoms with Crippen LogP contribution >= 0.6 is 0 Å². The largest absolute Gasteiger partial charge is 0.508 e. The summed E-state index contributed by atoms with van der Waals surface area (Å²) in [7, 11) is 0. The number of hydrogen-bond donors (Lipinski definition) is 4. The lowest BCUT2D eigenvalue weighted by atomic mass is 10.1. The molecule has 0 heterocycles. The van der Waals surface area contributed by atoms with Gasteiger partial charge in [0.2, 0.25) is 0 Å². The second kappa shape index (κ2) is 6.86. The monoisotopic (exact) mass is 253 g/mol. The van der Waals surface area contributed by atoms with Crippen LogP contribution in [-0.2, 0) is 0 Å². The van der Waals surface area contributed by atoms with Crippen LogP contribution in [0.5, 0.6) is 11.5 Å². The number of amides is 1. The van der Waals surface area contributed by atoms with Crippen molar-refractivity contribution >= 4 is 5.91 Å². The Labute approximate surface area is 106 Å². The second-order valence-electron chi connectivity index (χ2n) is 4.42. The number of carbonyl (C=O) groups excluding carboxylic acids is 1. The van der Waals surface area contributed by atoms with E-state index >= 15 is 0 Å². The number of hydrogen-bond acceptors (Lipinski definition) is 4. The van der Waals surface area contributed by atoms with Gasteiger partial charge in [0.15, 0.2) is 0 Å². The molecule has 1 rings (SSSR count). The van der Waals surface area contributed by atoms with Crippen LogP contribution in [0.1, 0.15) is 30.1 Å². The molecule has 1 unspecified atom stereocenters. The molecule has 0 bridgehead atoms. The first-order valence-electron chi connectivity index (χ1n) is 5.95. The summed E-state index contributed by atoms with van der Waals surface area (Å²) in [5, 5.41) is 30.0. The van der Waals surface area contributed by atoms with E-state index in [1.165, 1.54) is 18.2 Å². The average Bonchev–Trinajstić information content (AvgIpc) is 2.32. The summed E-state index contributed by atoms with van der Waals surface area (Å²) in [5.41, 5.74) is 0.225. The van der Waals surface area contributed by atoms with Gasteiger partial charge < -0.3 is 20.6 Å². The van der Waals surface area contributed by atoms with E-state index in [1.54, 1.807) is 0 Å². The molecule has 4 N–H and O–H groups in total. The molecular weight excluding hydrogens is 234 g/mol. The van der Waals surface area contributed by atoms with Crippen LogP contribution in [0.25, 0.3) is 0 Å². The maximum Gasteiger partial charge on any atom is 0.251 e. The molecule has 0 fully saturated rings. The van der Waals surface area contributed by atoms with Gasteiger partial charge in [-0.2, -0.15) is 0 Å². The lowest BCUT2D eigenvalue weighted by Crippen LogP contribution is -2.24. The molecule has 0 aliphatic heterocycles. The summed E-state index contributed by atoms with van der Waals surface area (Å²) in [5.74, 6) is -0.396. The van der Waals surface area contributed by atoms with Gasteiger partial charge in [0.05, 0.1) is 0 Å². The summed E-state index contributed by atoms with van der Waals surface area (Å²) in [6.07, 6.45) is 1.61. The smallest absolute Gasteiger partial charge is 0.251 e. The van der Waals surface area contributed by atoms with Crippen LogP contribution in [-0.4, -0.2) is 34.4 Å². The molecule has 5 nitrogen and oxygen atoms in total. The van der Waals surface area contributed by atoms with Crippen molar-refractivity contribution in [2.45, 2.75) is 19.8 Å². The Balaban J connectivity index is 2.41. The van der Waals surface area contributed by atoms with Crippen LogP contribution in [0.2, 0.25) is 0 Å². The van der Waals surface area contributed by atoms with Crippen molar-refractivity contribution in [3.05, 3.63) is 23.8 Å². The zero-order valence-corrected chi connectivity index (χ0v) is 10.4. The van der Waals surface area contributed by atoms with E-state index in [9.17, 15) is 15.0 Å². The molecule has 1 aromatic carbocycles. The Morgan fingerprint density at radius 3 is 2.44 bits per heavy atom. The molecule has 0 aliphatic rings. The zero-order chi connectivity index (χ0) is 13.5. The van der Waals surface area contributed by atoms with E-state index in [0.29, 0.717) is 6.54 Å². The highest BCUT2D eigenvalue weighted by Gasteiger charge is 2.08. The van der Waals surface area contributed by atoms with Crippen molar-refractivity contribution in [3.8, 4) is 11.5 Å². The van der Waals surface area contributed by atoms with Crippen LogP contribution in [0, 0.1) is 5.92 Å². The fourth-order valence-electron chi connectivity index (χ4n) is 1.57. The maximum absolute atomic E-state index is 11.7. The third-order valence-corrected chi connectivity index (χ3v) is 2.64. The van der Waals surface area contributed by atoms with Crippen molar-refractivity contribution in [1.29, 1.82) is 0 Å². The van der Waals surface area contributed by atoms with Gasteiger partial charge in [-0.25, -0.2) is 0 Å². The minimum atomic E-state index is -0.335. The standard InChI is InChI=1S/C13H19NO4/c1-9(8-15)3-2-4-14-13(18)10-5-11(16)7-12(17)6-10/h5-7,9,15-17H,2-4,8H2,1H3,(H,14,18). The van der Waals surface area contributed by atoms with Gasteiger partial charge in [-0.05, 0) is 30.9 Å². The first-order chi connectivity index (χ1) is 8.52. The fourth-order valence-corrected chi connectivity index (χ4v) is 1.57. The Morgan fingerprint density at radius 2 is 1.89 bits per heavy atom. The molecule has 0 saturated heterocycles. The number of carbonyl (C=O) groups is 1. The normalized spacial score (nSPS) is 12.1. The minimum absolute atomic E-state index is 0.144. The molecule has 5 heteroatoms. The van der Waals surface area contributed by atoms with Crippen LogP contribution in [0.3, 0.4) is 0 Å². The van der Waals surface area contributed by atoms with E-state index in [2.05, 4.69) is 5.32 Å². The first-order valence-corrected chi connectivity index (χ1v) is 5.95. The first kappa shape index (κ1) is 14.3. The molecule has 100 valence electrons. The van der Waals surface area contributed by atoms with Gasteiger partial charge in [0.25, 0.3) is 5.91 Å². The molecule has 0 radical (unpaired) electrons. The highest BCUT2D eigenvalue weighted by molar-refractivity contribution is 5.94. The fraction of sp³-hybridized carbons (Fsp3) is 0.462. The Kier molecular flexibility index (Phi) is 5.45. The summed E-state index contributed by atoms with van der Waals surface area (Å²) in [4.78, 5) is 11.7. The summed E-state index contributed by atoms with van der Waals surface area (Å²) >= 11 is 0. The maximum atomic E-state index is 11.7. The van der Waals surface area contributed by atoms with Crippen molar-refractivity contribution in [3.63, 3.8) is 0 Å². The van der Waals surface area contributed by atoms with E-state index < -0.39 is 0 Å². The topological polar surface area (TPSA) is 89.8 Å². The highest BCUT2D eigenvalue weighted by atomic mass is 16.3. The summed E-state index contributed by atoms with van der Waals surface area (Å²) in [6, 6.07) is 3.76. The highest BCUT2D eigenvalue weighted by Crippen LogP contribution is 2.20. The number of phenols is 2. The summed E-state index contributed by atoms with van der Waals surface area (Å²) in [6.45, 7) is 2.59. The quantitative estimate of drug-likeness (QED) is 0.574. The Morgan fingerprint density at radius 1 is 1.28 bits per heavy atom. The van der Waals surface area contributed by atoms with E-state index in [4.69, 9.17) is 5.11 Å². The number of aliphatic hydroxyl groups is 1. The minimum Gasteiger partial charge on any atom is -0.508 e. The van der Waals surface area contributed by atoms with Gasteiger partial charge in [-0.3, -0.25) is 4.79 Å². The Bertz CT molecular complexity index is 386. The lowest BCUT2D eigenvalue weighted by Gasteiger charge is -2.09. The third-order valence-electron chi connectivity index (χ3n) is 2.64. The van der Waals surface area contributed by atoms with Crippen LogP contribution < -0.4 is 5.32 Å². The molecule has 18 heavy (non-hydrogen) atoms. The number of nitrogens with one attached hydrogen (secondary N) is 1. The zero-order valence-electron chi connectivity index (χ0n) is 10.4. The molecule has 1 aromatic rings. The van der Waals surface area contributed by atoms with Crippen LogP contribution in [0.15, 0.2) is 18.2 Å². The lowest BCUT2D eigenvalue weighted by molar-refractivity contribution is 0.0951. The van der Waals surface area contributed by atoms with E-state index in [-0.39, 0.29) is 35.5 Å². The van der Waals surface area contributed by atoms with Crippen molar-refractivity contribution in [2.24, 2.45) is 5.92 Å². The molecule has 1 atom stereocenters. The van der Waals surface area contributed by atoms with Crippen LogP contribution in [0.4, 0.5) is 0 Å². The molecule has 0 saturated carbocycles. The molecular formula is C13H19NO4. The van der Waals surface area contributed by atoms with E-state index in [1.807, 2.05) is 6.92 Å². The average molecular weight is 253 g/mol. The number of aromatic hydroxyl groups is 2. The van der Waals surface area contributed by atoms with Gasteiger partial charge in [0, 0.05) is 24.8 Å². The number of aliphatic hydroxyl groups excluding tert-OH is 1. The molecule has 0 aromatic heterocycles. The molecule has 0 aliphatic carbocycles. The van der Waals surface area contributed by atoms with Gasteiger partial charge in [-0.15, -0.1) is 0 Å². The van der Waals surface area contributed by atoms with E-state index in [0.717, 1.165) is 12.8 Å². The predicted octanol–water partition coefficient (Wildman–Crippen LogP) is 1.24. The molecule has 0 spiro atoms. The summed E-state index contributed by atoms with van der Waals surface area (Å²) < 4.78 is 0. The van der Waals surface area contributed by atoms with Crippen molar-refractivity contribution in [1.82, 2.24) is 5.32 Å². The number of benzene rings is 1. The van der Waals surface area contributed by atoms with Crippen molar-refractivity contribution in [2.75, 3.05) is 13.2 Å². The number of rotatable bonds is 6. The van der Waals surface area contributed by atoms with Crippen molar-refractivity contribution < 1.29 is 20.1 Å². The number of phenolic OH excluding ortho intramolecular Hbond substituents is 2.